The Kier molecular flexibility index (Phi) is 2.56. The van der Waals surface area contributed by atoms with Crippen molar-refractivity contribution < 1.29 is 8.81 Å². The molecule has 0 saturated carbocycles. The Labute approximate surface area is 108 Å². The molecule has 1 heterocycles. The highest BCUT2D eigenvalue weighted by atomic mass is 19.1. The van der Waals surface area contributed by atoms with Crippen molar-refractivity contribution >= 4 is 16.7 Å². The molecule has 0 atom stereocenters. The van der Waals surface area contributed by atoms with Crippen LogP contribution < -0.4 is 11.2 Å². The van der Waals surface area contributed by atoms with Crippen LogP contribution in [0.1, 0.15) is 0 Å². The van der Waals surface area contributed by atoms with Crippen LogP contribution in [0.3, 0.4) is 0 Å². The number of benzene rings is 2. The third kappa shape index (κ3) is 1.87. The van der Waals surface area contributed by atoms with Crippen LogP contribution in [0.2, 0.25) is 0 Å². The average molecular weight is 255 g/mol. The molecule has 0 saturated heterocycles. The smallest absolute Gasteiger partial charge is 0.200 e. The first kappa shape index (κ1) is 11.5. The van der Waals surface area contributed by atoms with Gasteiger partial charge in [0.1, 0.15) is 17.7 Å². The fraction of sp³-hybridized carbons (Fsp3) is 0. The van der Waals surface area contributed by atoms with Gasteiger partial charge in [0.05, 0.1) is 10.9 Å². The monoisotopic (exact) mass is 255 g/mol. The number of hydrogen-bond donors (Lipinski definition) is 1. The van der Waals surface area contributed by atoms with Gasteiger partial charge in [0.15, 0.2) is 0 Å². The molecule has 0 bridgehead atoms. The highest BCUT2D eigenvalue weighted by molar-refractivity contribution is 5.81. The molecule has 19 heavy (non-hydrogen) atoms. The Morgan fingerprint density at radius 2 is 1.84 bits per heavy atom. The van der Waals surface area contributed by atoms with Gasteiger partial charge in [-0.3, -0.25) is 4.79 Å². The third-order valence-corrected chi connectivity index (χ3v) is 2.96. The summed E-state index contributed by atoms with van der Waals surface area (Å²) in [6.07, 6.45) is 1.28. The number of fused-ring (bicyclic) bond motifs is 1. The van der Waals surface area contributed by atoms with E-state index >= 15 is 0 Å². The minimum absolute atomic E-state index is 0.189. The Hall–Kier alpha value is -2.62. The number of nitrogen functional groups attached to an aromatic ring is 1. The average Bonchev–Trinajstić information content (AvgIpc) is 2.41. The second kappa shape index (κ2) is 4.24. The lowest BCUT2D eigenvalue weighted by molar-refractivity contribution is 0.600. The minimum atomic E-state index is -0.539. The van der Waals surface area contributed by atoms with Gasteiger partial charge in [-0.1, -0.05) is 12.1 Å². The molecule has 3 nitrogen and oxygen atoms in total. The van der Waals surface area contributed by atoms with Crippen LogP contribution in [0.15, 0.2) is 57.9 Å². The van der Waals surface area contributed by atoms with E-state index < -0.39 is 5.82 Å². The van der Waals surface area contributed by atoms with Gasteiger partial charge < -0.3 is 10.2 Å². The molecule has 0 aliphatic heterocycles. The maximum Gasteiger partial charge on any atom is 0.200 e. The van der Waals surface area contributed by atoms with E-state index in [2.05, 4.69) is 0 Å². The number of para-hydroxylation sites is 1. The van der Waals surface area contributed by atoms with Crippen LogP contribution in [0.25, 0.3) is 22.1 Å². The molecule has 0 aliphatic carbocycles. The molecular formula is C15H10FNO2. The molecule has 1 aromatic heterocycles. The highest BCUT2D eigenvalue weighted by Crippen LogP contribution is 2.23. The van der Waals surface area contributed by atoms with Crippen molar-refractivity contribution in [2.75, 3.05) is 5.73 Å². The largest absolute Gasteiger partial charge is 0.463 e. The van der Waals surface area contributed by atoms with Crippen molar-refractivity contribution in [3.63, 3.8) is 0 Å². The lowest BCUT2D eigenvalue weighted by Crippen LogP contribution is -2.05. The van der Waals surface area contributed by atoms with Gasteiger partial charge >= 0.3 is 0 Å². The van der Waals surface area contributed by atoms with Gasteiger partial charge in [-0.05, 0) is 30.3 Å². The second-order valence-electron chi connectivity index (χ2n) is 4.21. The van der Waals surface area contributed by atoms with Crippen LogP contribution in [0, 0.1) is 5.82 Å². The number of halogens is 1. The van der Waals surface area contributed by atoms with Crippen LogP contribution in [0.4, 0.5) is 10.1 Å². The van der Waals surface area contributed by atoms with Gasteiger partial charge in [0.2, 0.25) is 5.43 Å². The molecule has 0 unspecified atom stereocenters. The van der Waals surface area contributed by atoms with E-state index in [0.29, 0.717) is 16.7 Å². The van der Waals surface area contributed by atoms with Crippen LogP contribution >= 0.6 is 0 Å². The minimum Gasteiger partial charge on any atom is -0.463 e. The van der Waals surface area contributed by atoms with E-state index in [9.17, 15) is 9.18 Å². The third-order valence-electron chi connectivity index (χ3n) is 2.96. The van der Waals surface area contributed by atoms with Crippen molar-refractivity contribution in [1.29, 1.82) is 0 Å². The van der Waals surface area contributed by atoms with E-state index in [1.54, 1.807) is 30.3 Å². The summed E-state index contributed by atoms with van der Waals surface area (Å²) in [7, 11) is 0. The standard InChI is InChI=1S/C15H10FNO2/c16-13-7-9(17)5-6-10(13)12-8-19-14-4-2-1-3-11(14)15(12)18/h1-8H,17H2. The SMILES string of the molecule is Nc1ccc(-c2coc3ccccc3c2=O)c(F)c1. The van der Waals surface area contributed by atoms with Gasteiger partial charge in [0, 0.05) is 11.3 Å². The molecule has 3 rings (SSSR count). The molecule has 4 heteroatoms. The van der Waals surface area contributed by atoms with Crippen molar-refractivity contribution in [3.05, 3.63) is 64.8 Å². The normalized spacial score (nSPS) is 10.8. The van der Waals surface area contributed by atoms with E-state index in [-0.39, 0.29) is 16.6 Å². The van der Waals surface area contributed by atoms with E-state index in [0.717, 1.165) is 0 Å². The summed E-state index contributed by atoms with van der Waals surface area (Å²) in [5.41, 5.74) is 6.40. The number of nitrogens with two attached hydrogens (primary N) is 1. The summed E-state index contributed by atoms with van der Waals surface area (Å²) >= 11 is 0. The number of hydrogen-bond acceptors (Lipinski definition) is 3. The predicted octanol–water partition coefficient (Wildman–Crippen LogP) is 3.18. The zero-order valence-electron chi connectivity index (χ0n) is 9.89. The number of anilines is 1. The van der Waals surface area contributed by atoms with E-state index in [4.69, 9.17) is 10.2 Å². The molecular weight excluding hydrogens is 245 g/mol. The van der Waals surface area contributed by atoms with E-state index in [1.807, 2.05) is 0 Å². The van der Waals surface area contributed by atoms with Crippen LogP contribution in [0.5, 0.6) is 0 Å². The zero-order chi connectivity index (χ0) is 13.4. The maximum absolute atomic E-state index is 13.9. The van der Waals surface area contributed by atoms with Gasteiger partial charge in [-0.25, -0.2) is 4.39 Å². The molecule has 0 radical (unpaired) electrons. The molecule has 0 amide bonds. The lowest BCUT2D eigenvalue weighted by atomic mass is 10.0. The summed E-state index contributed by atoms with van der Waals surface area (Å²) in [6, 6.07) is 11.1. The Morgan fingerprint density at radius 3 is 2.63 bits per heavy atom. The first-order valence-corrected chi connectivity index (χ1v) is 5.73. The molecule has 94 valence electrons. The van der Waals surface area contributed by atoms with Gasteiger partial charge in [-0.15, -0.1) is 0 Å². The summed E-state index contributed by atoms with van der Waals surface area (Å²) in [5.74, 6) is -0.539. The van der Waals surface area contributed by atoms with Crippen LogP contribution in [-0.4, -0.2) is 0 Å². The maximum atomic E-state index is 13.9. The van der Waals surface area contributed by atoms with Crippen molar-refractivity contribution in [3.8, 4) is 11.1 Å². The quantitative estimate of drug-likeness (QED) is 0.679. The van der Waals surface area contributed by atoms with Gasteiger partial charge in [-0.2, -0.15) is 0 Å². The molecule has 0 aliphatic rings. The number of rotatable bonds is 1. The summed E-state index contributed by atoms with van der Waals surface area (Å²) < 4.78 is 19.2. The molecule has 0 fully saturated rings. The fourth-order valence-corrected chi connectivity index (χ4v) is 2.01. The van der Waals surface area contributed by atoms with Crippen LogP contribution in [-0.2, 0) is 0 Å². The van der Waals surface area contributed by atoms with Gasteiger partial charge in [0.25, 0.3) is 0 Å². The summed E-state index contributed by atoms with van der Waals surface area (Å²) in [5, 5.41) is 0.427. The highest BCUT2D eigenvalue weighted by Gasteiger charge is 2.12. The molecule has 2 aromatic carbocycles. The first-order valence-electron chi connectivity index (χ1n) is 5.73. The summed E-state index contributed by atoms with van der Waals surface area (Å²) in [4.78, 5) is 12.3. The second-order valence-corrected chi connectivity index (χ2v) is 4.21. The molecule has 2 N–H and O–H groups in total. The topological polar surface area (TPSA) is 56.2 Å². The Bertz CT molecular complexity index is 824. The van der Waals surface area contributed by atoms with Crippen molar-refractivity contribution in [1.82, 2.24) is 0 Å². The Morgan fingerprint density at radius 1 is 1.05 bits per heavy atom. The predicted molar refractivity (Wildman–Crippen MR) is 72.3 cm³/mol. The van der Waals surface area contributed by atoms with Crippen molar-refractivity contribution in [2.45, 2.75) is 0 Å². The molecule has 0 spiro atoms. The van der Waals surface area contributed by atoms with E-state index in [1.165, 1.54) is 18.4 Å². The lowest BCUT2D eigenvalue weighted by Gasteiger charge is -2.04. The zero-order valence-corrected chi connectivity index (χ0v) is 9.89. The first-order chi connectivity index (χ1) is 9.16. The summed E-state index contributed by atoms with van der Waals surface area (Å²) in [6.45, 7) is 0. The molecule has 3 aromatic rings. The van der Waals surface area contributed by atoms with Crippen molar-refractivity contribution in [2.24, 2.45) is 0 Å². The Balaban J connectivity index is 2.31. The fourth-order valence-electron chi connectivity index (χ4n) is 2.01.